The molecule has 0 bridgehead atoms. The smallest absolute Gasteiger partial charge is 0.216 e. The predicted octanol–water partition coefficient (Wildman–Crippen LogP) is 0.430. The van der Waals surface area contributed by atoms with Crippen LogP contribution in [0, 0.1) is 0 Å². The van der Waals surface area contributed by atoms with Gasteiger partial charge in [0.15, 0.2) is 0 Å². The van der Waals surface area contributed by atoms with Gasteiger partial charge in [-0.2, -0.15) is 4.98 Å². The van der Waals surface area contributed by atoms with E-state index in [1.807, 2.05) is 13.8 Å². The van der Waals surface area contributed by atoms with E-state index >= 15 is 0 Å². The Bertz CT molecular complexity index is 318. The van der Waals surface area contributed by atoms with Crippen LogP contribution in [0.3, 0.4) is 0 Å². The highest BCUT2D eigenvalue weighted by atomic mass is 16.5. The third kappa shape index (κ3) is 3.14. The molecule has 3 N–H and O–H groups in total. The van der Waals surface area contributed by atoms with E-state index in [2.05, 4.69) is 9.97 Å². The molecular weight excluding hydrogens is 194 g/mol. The average molecular weight is 211 g/mol. The van der Waals surface area contributed by atoms with Crippen molar-refractivity contribution in [2.24, 2.45) is 5.73 Å². The Balaban J connectivity index is 2.99. The van der Waals surface area contributed by atoms with Gasteiger partial charge in [0, 0.05) is 12.5 Å². The molecule has 1 rings (SSSR count). The summed E-state index contributed by atoms with van der Waals surface area (Å²) in [5, 5.41) is 8.95. The number of nitrogens with two attached hydrogens (primary N) is 1. The molecule has 0 saturated heterocycles. The fourth-order valence-electron chi connectivity index (χ4n) is 1.16. The van der Waals surface area contributed by atoms with Crippen molar-refractivity contribution < 1.29 is 9.84 Å². The van der Waals surface area contributed by atoms with Crippen molar-refractivity contribution in [1.29, 1.82) is 0 Å². The van der Waals surface area contributed by atoms with Gasteiger partial charge < -0.3 is 15.6 Å². The van der Waals surface area contributed by atoms with Gasteiger partial charge in [-0.1, -0.05) is 6.92 Å². The molecule has 0 spiro atoms. The first-order valence-corrected chi connectivity index (χ1v) is 5.08. The maximum atomic E-state index is 8.95. The molecule has 0 aliphatic heterocycles. The van der Waals surface area contributed by atoms with Crippen molar-refractivity contribution in [2.45, 2.75) is 26.3 Å². The predicted molar refractivity (Wildman–Crippen MR) is 56.6 cm³/mol. The lowest BCUT2D eigenvalue weighted by Crippen LogP contribution is -2.17. The molecule has 0 aliphatic carbocycles. The molecule has 0 aliphatic rings. The average Bonchev–Trinajstić information content (AvgIpc) is 2.28. The second kappa shape index (κ2) is 5.63. The lowest BCUT2D eigenvalue weighted by atomic mass is 10.2. The van der Waals surface area contributed by atoms with Gasteiger partial charge in [0.2, 0.25) is 5.88 Å². The van der Waals surface area contributed by atoms with Crippen LogP contribution in [-0.2, 0) is 6.42 Å². The molecule has 0 aromatic carbocycles. The molecule has 1 aromatic heterocycles. The van der Waals surface area contributed by atoms with Crippen LogP contribution in [-0.4, -0.2) is 28.3 Å². The minimum atomic E-state index is -0.475. The first-order valence-electron chi connectivity index (χ1n) is 5.08. The van der Waals surface area contributed by atoms with E-state index in [1.165, 1.54) is 0 Å². The highest BCUT2D eigenvalue weighted by molar-refractivity contribution is 5.19. The van der Waals surface area contributed by atoms with E-state index in [4.69, 9.17) is 15.6 Å². The molecule has 5 heteroatoms. The molecule has 1 aromatic rings. The van der Waals surface area contributed by atoms with E-state index in [0.29, 0.717) is 30.4 Å². The second-order valence-electron chi connectivity index (χ2n) is 3.12. The zero-order valence-electron chi connectivity index (χ0n) is 9.10. The Hall–Kier alpha value is -1.20. The third-order valence-electron chi connectivity index (χ3n) is 1.95. The Labute approximate surface area is 89.3 Å². The van der Waals surface area contributed by atoms with Crippen LogP contribution in [0.2, 0.25) is 0 Å². The Kier molecular flexibility index (Phi) is 4.45. The van der Waals surface area contributed by atoms with Crippen molar-refractivity contribution in [1.82, 2.24) is 9.97 Å². The summed E-state index contributed by atoms with van der Waals surface area (Å²) < 4.78 is 5.30. The number of ether oxygens (including phenoxy) is 1. The molecular formula is C10H17N3O2. The number of nitrogens with zero attached hydrogens (tertiary/aromatic N) is 2. The molecule has 1 unspecified atom stereocenters. The van der Waals surface area contributed by atoms with Crippen LogP contribution in [0.1, 0.15) is 31.4 Å². The fraction of sp³-hybridized carbons (Fsp3) is 0.600. The van der Waals surface area contributed by atoms with Crippen molar-refractivity contribution in [3.8, 4) is 5.88 Å². The standard InChI is InChI=1S/C10H17N3O2/c1-3-9-12-8(7(11)6-14)5-10(13-9)15-4-2/h5,7,14H,3-4,6,11H2,1-2H3. The van der Waals surface area contributed by atoms with Crippen LogP contribution in [0.25, 0.3) is 0 Å². The zero-order valence-corrected chi connectivity index (χ0v) is 9.10. The summed E-state index contributed by atoms with van der Waals surface area (Å²) in [6, 6.07) is 1.20. The normalized spacial score (nSPS) is 12.5. The van der Waals surface area contributed by atoms with Gasteiger partial charge in [0.1, 0.15) is 5.82 Å². The van der Waals surface area contributed by atoms with E-state index < -0.39 is 6.04 Å². The van der Waals surface area contributed by atoms with Crippen LogP contribution in [0.4, 0.5) is 0 Å². The van der Waals surface area contributed by atoms with Gasteiger partial charge in [-0.05, 0) is 6.92 Å². The van der Waals surface area contributed by atoms with Crippen LogP contribution < -0.4 is 10.5 Å². The SMILES string of the molecule is CCOc1cc(C(N)CO)nc(CC)n1. The van der Waals surface area contributed by atoms with Gasteiger partial charge >= 0.3 is 0 Å². The summed E-state index contributed by atoms with van der Waals surface area (Å²) in [6.45, 7) is 4.26. The number of aromatic nitrogens is 2. The summed E-state index contributed by atoms with van der Waals surface area (Å²) in [7, 11) is 0. The molecule has 1 heterocycles. The zero-order chi connectivity index (χ0) is 11.3. The fourth-order valence-corrected chi connectivity index (χ4v) is 1.16. The molecule has 0 saturated carbocycles. The molecule has 0 fully saturated rings. The number of aryl methyl sites for hydroxylation is 1. The number of aliphatic hydroxyl groups is 1. The van der Waals surface area contributed by atoms with Gasteiger partial charge in [-0.25, -0.2) is 4.98 Å². The summed E-state index contributed by atoms with van der Waals surface area (Å²) >= 11 is 0. The van der Waals surface area contributed by atoms with Crippen molar-refractivity contribution in [2.75, 3.05) is 13.2 Å². The first kappa shape index (κ1) is 11.9. The minimum Gasteiger partial charge on any atom is -0.478 e. The van der Waals surface area contributed by atoms with Crippen LogP contribution in [0.5, 0.6) is 5.88 Å². The maximum absolute atomic E-state index is 8.95. The highest BCUT2D eigenvalue weighted by Crippen LogP contribution is 2.14. The lowest BCUT2D eigenvalue weighted by molar-refractivity contribution is 0.264. The quantitative estimate of drug-likeness (QED) is 0.738. The Morgan fingerprint density at radius 1 is 1.47 bits per heavy atom. The molecule has 1 atom stereocenters. The molecule has 0 amide bonds. The van der Waals surface area contributed by atoms with Crippen molar-refractivity contribution in [3.63, 3.8) is 0 Å². The Morgan fingerprint density at radius 3 is 2.73 bits per heavy atom. The van der Waals surface area contributed by atoms with E-state index in [1.54, 1.807) is 6.07 Å². The number of hydrogen-bond acceptors (Lipinski definition) is 5. The van der Waals surface area contributed by atoms with Crippen molar-refractivity contribution in [3.05, 3.63) is 17.6 Å². The van der Waals surface area contributed by atoms with Gasteiger partial charge in [0.05, 0.1) is 24.9 Å². The van der Waals surface area contributed by atoms with Gasteiger partial charge in [0.25, 0.3) is 0 Å². The van der Waals surface area contributed by atoms with Crippen LogP contribution in [0.15, 0.2) is 6.07 Å². The number of aliphatic hydroxyl groups excluding tert-OH is 1. The summed E-state index contributed by atoms with van der Waals surface area (Å²) in [5.74, 6) is 1.20. The Morgan fingerprint density at radius 2 is 2.20 bits per heavy atom. The largest absolute Gasteiger partial charge is 0.478 e. The minimum absolute atomic E-state index is 0.133. The van der Waals surface area contributed by atoms with E-state index in [9.17, 15) is 0 Å². The first-order chi connectivity index (χ1) is 7.21. The molecule has 0 radical (unpaired) electrons. The van der Waals surface area contributed by atoms with E-state index in [-0.39, 0.29) is 6.61 Å². The van der Waals surface area contributed by atoms with Crippen molar-refractivity contribution >= 4 is 0 Å². The van der Waals surface area contributed by atoms with Crippen LogP contribution >= 0.6 is 0 Å². The van der Waals surface area contributed by atoms with Gasteiger partial charge in [-0.3, -0.25) is 0 Å². The number of hydrogen-bond donors (Lipinski definition) is 2. The molecule has 15 heavy (non-hydrogen) atoms. The topological polar surface area (TPSA) is 81.3 Å². The molecule has 5 nitrogen and oxygen atoms in total. The summed E-state index contributed by atoms with van der Waals surface area (Å²) in [5.41, 5.74) is 6.31. The third-order valence-corrected chi connectivity index (χ3v) is 1.95. The van der Waals surface area contributed by atoms with Gasteiger partial charge in [-0.15, -0.1) is 0 Å². The summed E-state index contributed by atoms with van der Waals surface area (Å²) in [4.78, 5) is 8.42. The lowest BCUT2D eigenvalue weighted by Gasteiger charge is -2.11. The highest BCUT2D eigenvalue weighted by Gasteiger charge is 2.10. The monoisotopic (exact) mass is 211 g/mol. The summed E-state index contributed by atoms with van der Waals surface area (Å²) in [6.07, 6.45) is 0.714. The second-order valence-corrected chi connectivity index (χ2v) is 3.12. The maximum Gasteiger partial charge on any atom is 0.216 e. The van der Waals surface area contributed by atoms with E-state index in [0.717, 1.165) is 0 Å². The molecule has 84 valence electrons. The number of rotatable bonds is 5.